The van der Waals surface area contributed by atoms with Gasteiger partial charge >= 0.3 is 0 Å². The van der Waals surface area contributed by atoms with Gasteiger partial charge in [-0.3, -0.25) is 8.98 Å². The SMILES string of the molecule is C[C@]12[C@@H]3C[C@H](C[C@H]1OS(C)(=O)=O)[C@@]2(C)CCC3=O. The van der Waals surface area contributed by atoms with Gasteiger partial charge in [0.1, 0.15) is 5.78 Å². The lowest BCUT2D eigenvalue weighted by Gasteiger charge is -2.47. The number of hydrogen-bond acceptors (Lipinski definition) is 4. The third-order valence-electron chi connectivity index (χ3n) is 6.11. The summed E-state index contributed by atoms with van der Waals surface area (Å²) in [7, 11) is -3.45. The van der Waals surface area contributed by atoms with Crippen LogP contribution in [0, 0.1) is 22.7 Å². The zero-order valence-corrected chi connectivity index (χ0v) is 11.9. The summed E-state index contributed by atoms with van der Waals surface area (Å²) in [5.74, 6) is 0.742. The fourth-order valence-corrected chi connectivity index (χ4v) is 5.63. The molecule has 0 aromatic carbocycles. The third-order valence-corrected chi connectivity index (χ3v) is 6.70. The van der Waals surface area contributed by atoms with E-state index in [9.17, 15) is 13.2 Å². The fourth-order valence-electron chi connectivity index (χ4n) is 4.93. The van der Waals surface area contributed by atoms with Crippen LogP contribution in [0.25, 0.3) is 0 Å². The van der Waals surface area contributed by atoms with E-state index in [0.717, 1.165) is 25.5 Å². The lowest BCUT2D eigenvalue weighted by molar-refractivity contribution is -0.137. The van der Waals surface area contributed by atoms with Crippen LogP contribution in [-0.4, -0.2) is 26.6 Å². The molecule has 18 heavy (non-hydrogen) atoms. The van der Waals surface area contributed by atoms with Crippen LogP contribution in [0.5, 0.6) is 0 Å². The Bertz CT molecular complexity index is 511. The fraction of sp³-hybridized carbons (Fsp3) is 0.923. The molecule has 3 aliphatic carbocycles. The molecular formula is C13H20O4S. The first kappa shape index (κ1) is 12.6. The third kappa shape index (κ3) is 1.35. The van der Waals surface area contributed by atoms with E-state index >= 15 is 0 Å². The van der Waals surface area contributed by atoms with Crippen LogP contribution >= 0.6 is 0 Å². The second-order valence-electron chi connectivity index (χ2n) is 6.68. The highest BCUT2D eigenvalue weighted by molar-refractivity contribution is 7.86. The Kier molecular flexibility index (Phi) is 2.36. The van der Waals surface area contributed by atoms with Gasteiger partial charge in [0, 0.05) is 17.8 Å². The summed E-state index contributed by atoms with van der Waals surface area (Å²) in [5, 5.41) is 0. The molecular weight excluding hydrogens is 252 g/mol. The molecule has 0 aromatic heterocycles. The van der Waals surface area contributed by atoms with Gasteiger partial charge in [-0.25, -0.2) is 0 Å². The van der Waals surface area contributed by atoms with Crippen molar-refractivity contribution in [2.24, 2.45) is 22.7 Å². The maximum atomic E-state index is 12.1. The average molecular weight is 272 g/mol. The Labute approximate surface area is 108 Å². The largest absolute Gasteiger partial charge is 0.299 e. The van der Waals surface area contributed by atoms with E-state index in [2.05, 4.69) is 13.8 Å². The molecule has 0 N–H and O–H groups in total. The molecule has 3 rings (SSSR count). The maximum Gasteiger partial charge on any atom is 0.264 e. The van der Waals surface area contributed by atoms with Crippen LogP contribution in [0.4, 0.5) is 0 Å². The van der Waals surface area contributed by atoms with Crippen LogP contribution < -0.4 is 0 Å². The second-order valence-corrected chi connectivity index (χ2v) is 8.28. The summed E-state index contributed by atoms with van der Waals surface area (Å²) < 4.78 is 28.1. The highest BCUT2D eigenvalue weighted by Gasteiger charge is 2.72. The molecule has 4 bridgehead atoms. The summed E-state index contributed by atoms with van der Waals surface area (Å²) in [6, 6.07) is 0. The van der Waals surface area contributed by atoms with Crippen molar-refractivity contribution in [3.05, 3.63) is 0 Å². The molecule has 3 aliphatic rings. The molecule has 0 spiro atoms. The number of rotatable bonds is 2. The standard InChI is InChI=1S/C13H20O4S/c1-12-5-4-10(14)9-6-8(12)7-11(13(9,12)2)17-18(3,15)16/h8-9,11H,4-7H2,1-3H3/t8-,9-,11-,12-,13+/m1/s1. The second kappa shape index (κ2) is 3.37. The Morgan fingerprint density at radius 3 is 2.56 bits per heavy atom. The summed E-state index contributed by atoms with van der Waals surface area (Å²) >= 11 is 0. The molecule has 3 fully saturated rings. The van der Waals surface area contributed by atoms with E-state index in [4.69, 9.17) is 4.18 Å². The van der Waals surface area contributed by atoms with Gasteiger partial charge in [-0.15, -0.1) is 0 Å². The molecule has 3 saturated carbocycles. The number of ketones is 1. The first-order valence-electron chi connectivity index (χ1n) is 6.59. The minimum Gasteiger partial charge on any atom is -0.299 e. The molecule has 102 valence electrons. The van der Waals surface area contributed by atoms with Crippen molar-refractivity contribution >= 4 is 15.9 Å². The first-order chi connectivity index (χ1) is 8.18. The Hall–Kier alpha value is -0.420. The normalized spacial score (nSPS) is 50.8. The van der Waals surface area contributed by atoms with E-state index < -0.39 is 10.1 Å². The number of hydrogen-bond donors (Lipinski definition) is 0. The topological polar surface area (TPSA) is 60.4 Å². The van der Waals surface area contributed by atoms with Crippen molar-refractivity contribution in [2.75, 3.05) is 6.26 Å². The summed E-state index contributed by atoms with van der Waals surface area (Å²) in [6.45, 7) is 4.29. The van der Waals surface area contributed by atoms with E-state index in [1.807, 2.05) is 0 Å². The van der Waals surface area contributed by atoms with E-state index in [1.165, 1.54) is 0 Å². The molecule has 5 atom stereocenters. The molecule has 0 unspecified atom stereocenters. The smallest absolute Gasteiger partial charge is 0.264 e. The predicted octanol–water partition coefficient (Wildman–Crippen LogP) is 1.75. The molecule has 0 heterocycles. The molecule has 4 nitrogen and oxygen atoms in total. The molecule has 0 aromatic rings. The summed E-state index contributed by atoms with van der Waals surface area (Å²) in [4.78, 5) is 12.1. The van der Waals surface area contributed by atoms with Crippen LogP contribution in [0.2, 0.25) is 0 Å². The van der Waals surface area contributed by atoms with Gasteiger partial charge in [-0.05, 0) is 30.6 Å². The van der Waals surface area contributed by atoms with Gasteiger partial charge in [-0.1, -0.05) is 13.8 Å². The van der Waals surface area contributed by atoms with Gasteiger partial charge in [-0.2, -0.15) is 8.42 Å². The van der Waals surface area contributed by atoms with Gasteiger partial charge in [0.25, 0.3) is 10.1 Å². The van der Waals surface area contributed by atoms with Crippen LogP contribution in [0.15, 0.2) is 0 Å². The molecule has 0 saturated heterocycles. The Morgan fingerprint density at radius 1 is 1.28 bits per heavy atom. The van der Waals surface area contributed by atoms with E-state index in [-0.39, 0.29) is 22.9 Å². The lowest BCUT2D eigenvalue weighted by Crippen LogP contribution is -2.50. The zero-order chi connectivity index (χ0) is 13.3. The summed E-state index contributed by atoms with van der Waals surface area (Å²) in [5.41, 5.74) is -0.225. The average Bonchev–Trinajstić information content (AvgIpc) is 2.50. The predicted molar refractivity (Wildman–Crippen MR) is 66.4 cm³/mol. The maximum absolute atomic E-state index is 12.1. The molecule has 0 radical (unpaired) electrons. The monoisotopic (exact) mass is 272 g/mol. The van der Waals surface area contributed by atoms with E-state index in [1.54, 1.807) is 0 Å². The first-order valence-corrected chi connectivity index (χ1v) is 8.41. The Morgan fingerprint density at radius 2 is 1.94 bits per heavy atom. The van der Waals surface area contributed by atoms with Crippen LogP contribution in [-0.2, 0) is 19.1 Å². The van der Waals surface area contributed by atoms with Gasteiger partial charge in [0.15, 0.2) is 0 Å². The molecule has 0 aliphatic heterocycles. The van der Waals surface area contributed by atoms with Gasteiger partial charge in [0.05, 0.1) is 12.4 Å². The Balaban J connectivity index is 2.02. The summed E-state index contributed by atoms with van der Waals surface area (Å²) in [6.07, 6.45) is 4.03. The van der Waals surface area contributed by atoms with E-state index in [0.29, 0.717) is 18.1 Å². The van der Waals surface area contributed by atoms with Crippen molar-refractivity contribution in [3.8, 4) is 0 Å². The minimum atomic E-state index is -3.45. The van der Waals surface area contributed by atoms with Crippen LogP contribution in [0.1, 0.15) is 39.5 Å². The van der Waals surface area contributed by atoms with Gasteiger partial charge < -0.3 is 0 Å². The molecule has 0 amide bonds. The van der Waals surface area contributed by atoms with Crippen molar-refractivity contribution in [1.82, 2.24) is 0 Å². The number of carbonyl (C=O) groups excluding carboxylic acids is 1. The minimum absolute atomic E-state index is 0.00162. The lowest BCUT2D eigenvalue weighted by atomic mass is 9.58. The molecule has 5 heteroatoms. The quantitative estimate of drug-likeness (QED) is 0.718. The van der Waals surface area contributed by atoms with Gasteiger partial charge in [0.2, 0.25) is 0 Å². The van der Waals surface area contributed by atoms with Crippen molar-refractivity contribution in [1.29, 1.82) is 0 Å². The number of carbonyl (C=O) groups is 1. The van der Waals surface area contributed by atoms with Crippen molar-refractivity contribution in [2.45, 2.75) is 45.6 Å². The number of Topliss-reactive ketones (excluding diaryl/α,β-unsaturated/α-hetero) is 1. The highest BCUT2D eigenvalue weighted by atomic mass is 32.2. The van der Waals surface area contributed by atoms with Crippen LogP contribution in [0.3, 0.4) is 0 Å². The van der Waals surface area contributed by atoms with Crippen molar-refractivity contribution in [3.63, 3.8) is 0 Å². The zero-order valence-electron chi connectivity index (χ0n) is 11.1. The van der Waals surface area contributed by atoms with Crippen molar-refractivity contribution < 1.29 is 17.4 Å². The highest BCUT2D eigenvalue weighted by Crippen LogP contribution is 2.73.